The SMILES string of the molecule is CC(C)N1CCN(C(C)C)[C@H]2CCCC[C@@H]21. The van der Waals surface area contributed by atoms with E-state index in [-0.39, 0.29) is 0 Å². The monoisotopic (exact) mass is 224 g/mol. The molecule has 94 valence electrons. The van der Waals surface area contributed by atoms with Gasteiger partial charge in [0.15, 0.2) is 0 Å². The highest BCUT2D eigenvalue weighted by molar-refractivity contribution is 4.96. The predicted molar refractivity (Wildman–Crippen MR) is 69.7 cm³/mol. The van der Waals surface area contributed by atoms with Crippen LogP contribution in [0.4, 0.5) is 0 Å². The van der Waals surface area contributed by atoms with Crippen molar-refractivity contribution in [2.45, 2.75) is 77.5 Å². The van der Waals surface area contributed by atoms with Crippen molar-refractivity contribution in [2.75, 3.05) is 13.1 Å². The normalized spacial score (nSPS) is 33.4. The van der Waals surface area contributed by atoms with Crippen LogP contribution in [0, 0.1) is 0 Å². The van der Waals surface area contributed by atoms with Crippen molar-refractivity contribution in [3.05, 3.63) is 0 Å². The Hall–Kier alpha value is -0.0800. The molecule has 2 rings (SSSR count). The fourth-order valence-electron chi connectivity index (χ4n) is 3.71. The third-order valence-electron chi connectivity index (χ3n) is 4.49. The first-order chi connectivity index (χ1) is 7.61. The Bertz CT molecular complexity index is 201. The molecule has 2 fully saturated rings. The summed E-state index contributed by atoms with van der Waals surface area (Å²) in [5.41, 5.74) is 0. The van der Waals surface area contributed by atoms with Crippen molar-refractivity contribution in [3.8, 4) is 0 Å². The summed E-state index contributed by atoms with van der Waals surface area (Å²) >= 11 is 0. The Kier molecular flexibility index (Phi) is 3.91. The second kappa shape index (κ2) is 5.05. The van der Waals surface area contributed by atoms with E-state index in [2.05, 4.69) is 37.5 Å². The maximum absolute atomic E-state index is 2.75. The molecule has 1 saturated heterocycles. The molecule has 2 atom stereocenters. The molecule has 0 N–H and O–H groups in total. The van der Waals surface area contributed by atoms with Gasteiger partial charge >= 0.3 is 0 Å². The summed E-state index contributed by atoms with van der Waals surface area (Å²) in [6.07, 6.45) is 5.73. The van der Waals surface area contributed by atoms with Crippen molar-refractivity contribution < 1.29 is 0 Å². The lowest BCUT2D eigenvalue weighted by Gasteiger charge is -2.52. The van der Waals surface area contributed by atoms with E-state index in [1.807, 2.05) is 0 Å². The minimum Gasteiger partial charge on any atom is -0.295 e. The first-order valence-corrected chi connectivity index (χ1v) is 7.12. The molecule has 2 nitrogen and oxygen atoms in total. The zero-order valence-corrected chi connectivity index (χ0v) is 11.4. The molecule has 0 bridgehead atoms. The average molecular weight is 224 g/mol. The third-order valence-corrected chi connectivity index (χ3v) is 4.49. The number of nitrogens with zero attached hydrogens (tertiary/aromatic N) is 2. The van der Waals surface area contributed by atoms with Gasteiger partial charge in [-0.15, -0.1) is 0 Å². The van der Waals surface area contributed by atoms with Crippen molar-refractivity contribution in [2.24, 2.45) is 0 Å². The third kappa shape index (κ3) is 2.28. The van der Waals surface area contributed by atoms with Crippen molar-refractivity contribution in [3.63, 3.8) is 0 Å². The summed E-state index contributed by atoms with van der Waals surface area (Å²) in [6, 6.07) is 3.12. The van der Waals surface area contributed by atoms with Gasteiger partial charge in [-0.3, -0.25) is 9.80 Å². The van der Waals surface area contributed by atoms with Crippen molar-refractivity contribution >= 4 is 0 Å². The maximum Gasteiger partial charge on any atom is 0.0254 e. The highest BCUT2D eigenvalue weighted by Crippen LogP contribution is 2.32. The number of hydrogen-bond donors (Lipinski definition) is 0. The molecule has 0 unspecified atom stereocenters. The molecular formula is C14H28N2. The summed E-state index contributed by atoms with van der Waals surface area (Å²) < 4.78 is 0. The topological polar surface area (TPSA) is 6.48 Å². The van der Waals surface area contributed by atoms with Crippen molar-refractivity contribution in [1.29, 1.82) is 0 Å². The van der Waals surface area contributed by atoms with Crippen LogP contribution in [-0.2, 0) is 0 Å². The second-order valence-corrected chi connectivity index (χ2v) is 6.08. The molecule has 1 aliphatic carbocycles. The Morgan fingerprint density at radius 2 is 1.12 bits per heavy atom. The second-order valence-electron chi connectivity index (χ2n) is 6.08. The number of fused-ring (bicyclic) bond motifs is 1. The molecule has 1 aliphatic heterocycles. The molecule has 0 aromatic rings. The minimum atomic E-state index is 0.722. The fourth-order valence-corrected chi connectivity index (χ4v) is 3.71. The van der Waals surface area contributed by atoms with E-state index in [4.69, 9.17) is 0 Å². The van der Waals surface area contributed by atoms with Gasteiger partial charge in [0.2, 0.25) is 0 Å². The zero-order valence-electron chi connectivity index (χ0n) is 11.4. The minimum absolute atomic E-state index is 0.722. The zero-order chi connectivity index (χ0) is 11.7. The molecule has 0 spiro atoms. The van der Waals surface area contributed by atoms with Crippen LogP contribution in [0.25, 0.3) is 0 Å². The summed E-state index contributed by atoms with van der Waals surface area (Å²) in [5, 5.41) is 0. The highest BCUT2D eigenvalue weighted by atomic mass is 15.3. The van der Waals surface area contributed by atoms with E-state index in [0.717, 1.165) is 24.2 Å². The Morgan fingerprint density at radius 1 is 0.750 bits per heavy atom. The lowest BCUT2D eigenvalue weighted by molar-refractivity contribution is -0.0335. The molecule has 0 amide bonds. The van der Waals surface area contributed by atoms with Gasteiger partial charge < -0.3 is 0 Å². The quantitative estimate of drug-likeness (QED) is 0.711. The molecule has 1 saturated carbocycles. The standard InChI is InChI=1S/C14H28N2/c1-11(2)15-9-10-16(12(3)4)14-8-6-5-7-13(14)15/h11-14H,5-10H2,1-4H3/t13-,14-/m0/s1. The van der Waals surface area contributed by atoms with Gasteiger partial charge in [0.1, 0.15) is 0 Å². The predicted octanol–water partition coefficient (Wildman–Crippen LogP) is 2.73. The maximum atomic E-state index is 2.75. The summed E-state index contributed by atoms with van der Waals surface area (Å²) in [4.78, 5) is 5.51. The smallest absolute Gasteiger partial charge is 0.0254 e. The lowest BCUT2D eigenvalue weighted by Crippen LogP contribution is -2.63. The first-order valence-electron chi connectivity index (χ1n) is 7.12. The van der Waals surface area contributed by atoms with E-state index >= 15 is 0 Å². The van der Waals surface area contributed by atoms with Gasteiger partial charge in [0.05, 0.1) is 0 Å². The number of rotatable bonds is 2. The average Bonchev–Trinajstić information content (AvgIpc) is 2.27. The molecular weight excluding hydrogens is 196 g/mol. The summed E-state index contributed by atoms with van der Waals surface area (Å²) in [7, 11) is 0. The lowest BCUT2D eigenvalue weighted by atomic mass is 9.85. The van der Waals surface area contributed by atoms with E-state index in [9.17, 15) is 0 Å². The van der Waals surface area contributed by atoms with Crippen LogP contribution >= 0.6 is 0 Å². The largest absolute Gasteiger partial charge is 0.295 e. The number of piperazine rings is 1. The van der Waals surface area contributed by atoms with Crippen LogP contribution in [0.2, 0.25) is 0 Å². The Labute approximate surface area is 101 Å². The molecule has 2 heteroatoms. The van der Waals surface area contributed by atoms with Crippen LogP contribution in [-0.4, -0.2) is 47.1 Å². The van der Waals surface area contributed by atoms with E-state index in [1.165, 1.54) is 38.8 Å². The summed E-state index contributed by atoms with van der Waals surface area (Å²) in [5.74, 6) is 0. The Balaban J connectivity index is 2.11. The van der Waals surface area contributed by atoms with Crippen LogP contribution in [0.15, 0.2) is 0 Å². The van der Waals surface area contributed by atoms with Gasteiger partial charge in [0.25, 0.3) is 0 Å². The van der Waals surface area contributed by atoms with Gasteiger partial charge in [0, 0.05) is 37.3 Å². The van der Waals surface area contributed by atoms with E-state index < -0.39 is 0 Å². The number of hydrogen-bond acceptors (Lipinski definition) is 2. The van der Waals surface area contributed by atoms with E-state index in [1.54, 1.807) is 0 Å². The molecule has 0 aromatic carbocycles. The van der Waals surface area contributed by atoms with Gasteiger partial charge in [-0.2, -0.15) is 0 Å². The van der Waals surface area contributed by atoms with Crippen LogP contribution in [0.1, 0.15) is 53.4 Å². The van der Waals surface area contributed by atoms with Gasteiger partial charge in [-0.1, -0.05) is 12.8 Å². The highest BCUT2D eigenvalue weighted by Gasteiger charge is 2.39. The van der Waals surface area contributed by atoms with Crippen molar-refractivity contribution in [1.82, 2.24) is 9.80 Å². The fraction of sp³-hybridized carbons (Fsp3) is 1.00. The first kappa shape index (κ1) is 12.4. The van der Waals surface area contributed by atoms with Crippen LogP contribution in [0.3, 0.4) is 0 Å². The van der Waals surface area contributed by atoms with E-state index in [0.29, 0.717) is 0 Å². The van der Waals surface area contributed by atoms with Crippen LogP contribution < -0.4 is 0 Å². The molecule has 1 heterocycles. The molecule has 16 heavy (non-hydrogen) atoms. The van der Waals surface area contributed by atoms with Gasteiger partial charge in [-0.05, 0) is 40.5 Å². The summed E-state index contributed by atoms with van der Waals surface area (Å²) in [6.45, 7) is 12.0. The van der Waals surface area contributed by atoms with Gasteiger partial charge in [-0.25, -0.2) is 0 Å². The van der Waals surface area contributed by atoms with Crippen LogP contribution in [0.5, 0.6) is 0 Å². The molecule has 0 aromatic heterocycles. The molecule has 0 radical (unpaired) electrons. The Morgan fingerprint density at radius 3 is 1.44 bits per heavy atom. The molecule has 2 aliphatic rings.